The molecule has 1 amide bonds. The summed E-state index contributed by atoms with van der Waals surface area (Å²) in [5.41, 5.74) is 3.14. The highest BCUT2D eigenvalue weighted by atomic mass is 32.2. The van der Waals surface area contributed by atoms with Gasteiger partial charge in [-0.25, -0.2) is 4.98 Å². The molecule has 5 heteroatoms. The summed E-state index contributed by atoms with van der Waals surface area (Å²) in [7, 11) is 0. The summed E-state index contributed by atoms with van der Waals surface area (Å²) >= 11 is 1.44. The quantitative estimate of drug-likeness (QED) is 0.833. The average Bonchev–Trinajstić information content (AvgIpc) is 2.70. The van der Waals surface area contributed by atoms with E-state index in [0.717, 1.165) is 16.2 Å². The number of benzene rings is 1. The second-order valence-corrected chi connectivity index (χ2v) is 5.55. The van der Waals surface area contributed by atoms with Crippen molar-refractivity contribution < 1.29 is 4.79 Å². The zero-order valence-electron chi connectivity index (χ0n) is 10.8. The summed E-state index contributed by atoms with van der Waals surface area (Å²) in [4.78, 5) is 19.3. The molecule has 2 aromatic rings. The van der Waals surface area contributed by atoms with Crippen LogP contribution in [0.1, 0.15) is 19.4 Å². The highest BCUT2D eigenvalue weighted by Crippen LogP contribution is 2.23. The van der Waals surface area contributed by atoms with Gasteiger partial charge in [0.05, 0.1) is 16.3 Å². The third kappa shape index (κ3) is 2.85. The third-order valence-electron chi connectivity index (χ3n) is 2.62. The molecule has 0 radical (unpaired) electrons. The van der Waals surface area contributed by atoms with Crippen LogP contribution >= 0.6 is 11.8 Å². The number of hydrogen-bond acceptors (Lipinski definition) is 3. The lowest BCUT2D eigenvalue weighted by Crippen LogP contribution is -2.30. The number of amides is 1. The molecule has 0 aliphatic carbocycles. The number of carbonyl (C=O) groups is 1. The van der Waals surface area contributed by atoms with Crippen LogP contribution in [0.25, 0.3) is 11.0 Å². The Bertz CT molecular complexity index is 564. The second kappa shape index (κ2) is 5.44. The zero-order chi connectivity index (χ0) is 13.1. The minimum absolute atomic E-state index is 0.0409. The first-order valence-corrected chi connectivity index (χ1v) is 6.89. The number of thioether (sulfide) groups is 1. The second-order valence-electron chi connectivity index (χ2n) is 4.22. The van der Waals surface area contributed by atoms with Crippen molar-refractivity contribution in [2.75, 3.05) is 6.54 Å². The van der Waals surface area contributed by atoms with Crippen LogP contribution in [0, 0.1) is 6.92 Å². The number of aromatic amines is 1. The van der Waals surface area contributed by atoms with E-state index in [4.69, 9.17) is 0 Å². The smallest absolute Gasteiger partial charge is 0.233 e. The summed E-state index contributed by atoms with van der Waals surface area (Å²) in [5.74, 6) is 0.0409. The number of hydrogen-bond donors (Lipinski definition) is 2. The maximum Gasteiger partial charge on any atom is 0.233 e. The molecule has 0 fully saturated rings. The Morgan fingerprint density at radius 1 is 1.56 bits per heavy atom. The van der Waals surface area contributed by atoms with Gasteiger partial charge in [-0.3, -0.25) is 4.79 Å². The molecule has 0 aliphatic heterocycles. The third-order valence-corrected chi connectivity index (χ3v) is 3.61. The Hall–Kier alpha value is -1.49. The van der Waals surface area contributed by atoms with Gasteiger partial charge in [0.1, 0.15) is 0 Å². The van der Waals surface area contributed by atoms with E-state index in [9.17, 15) is 4.79 Å². The fraction of sp³-hybridized carbons (Fsp3) is 0.385. The van der Waals surface area contributed by atoms with Crippen LogP contribution in [0.2, 0.25) is 0 Å². The van der Waals surface area contributed by atoms with Crippen molar-refractivity contribution >= 4 is 28.7 Å². The van der Waals surface area contributed by atoms with Crippen LogP contribution in [0.4, 0.5) is 0 Å². The predicted molar refractivity (Wildman–Crippen MR) is 74.8 cm³/mol. The largest absolute Gasteiger partial charge is 0.355 e. The van der Waals surface area contributed by atoms with Gasteiger partial charge in [-0.05, 0) is 38.5 Å². The van der Waals surface area contributed by atoms with E-state index in [1.54, 1.807) is 0 Å². The fourth-order valence-electron chi connectivity index (χ4n) is 1.69. The van der Waals surface area contributed by atoms with E-state index < -0.39 is 0 Å². The van der Waals surface area contributed by atoms with Crippen LogP contribution in [-0.2, 0) is 4.79 Å². The zero-order valence-corrected chi connectivity index (χ0v) is 11.6. The van der Waals surface area contributed by atoms with Crippen LogP contribution in [0.5, 0.6) is 0 Å². The monoisotopic (exact) mass is 263 g/mol. The van der Waals surface area contributed by atoms with Gasteiger partial charge < -0.3 is 10.3 Å². The van der Waals surface area contributed by atoms with Gasteiger partial charge in [0.25, 0.3) is 0 Å². The minimum atomic E-state index is -0.147. The van der Waals surface area contributed by atoms with Gasteiger partial charge in [-0.2, -0.15) is 0 Å². The molecule has 1 aromatic heterocycles. The van der Waals surface area contributed by atoms with E-state index in [-0.39, 0.29) is 11.2 Å². The lowest BCUT2D eigenvalue weighted by Gasteiger charge is -2.08. The molecule has 18 heavy (non-hydrogen) atoms. The molecule has 0 spiro atoms. The van der Waals surface area contributed by atoms with Crippen LogP contribution in [0.15, 0.2) is 23.4 Å². The molecule has 0 aliphatic rings. The molecular weight excluding hydrogens is 246 g/mol. The maximum atomic E-state index is 11.6. The number of rotatable bonds is 4. The van der Waals surface area contributed by atoms with Crippen LogP contribution < -0.4 is 5.32 Å². The van der Waals surface area contributed by atoms with E-state index in [0.29, 0.717) is 6.54 Å². The molecule has 0 saturated heterocycles. The summed E-state index contributed by atoms with van der Waals surface area (Å²) in [6, 6.07) is 6.08. The number of aryl methyl sites for hydroxylation is 1. The molecule has 1 heterocycles. The Morgan fingerprint density at radius 2 is 2.33 bits per heavy atom. The molecule has 4 nitrogen and oxygen atoms in total. The van der Waals surface area contributed by atoms with Crippen molar-refractivity contribution in [2.24, 2.45) is 0 Å². The van der Waals surface area contributed by atoms with Crippen molar-refractivity contribution in [1.29, 1.82) is 0 Å². The Balaban J connectivity index is 2.14. The summed E-state index contributed by atoms with van der Waals surface area (Å²) in [6.07, 6.45) is 0. The van der Waals surface area contributed by atoms with Crippen molar-refractivity contribution in [2.45, 2.75) is 31.2 Å². The van der Waals surface area contributed by atoms with Crippen molar-refractivity contribution in [3.8, 4) is 0 Å². The van der Waals surface area contributed by atoms with Crippen molar-refractivity contribution in [1.82, 2.24) is 15.3 Å². The first-order valence-electron chi connectivity index (χ1n) is 6.01. The Labute approximate surface area is 111 Å². The molecule has 0 bridgehead atoms. The van der Waals surface area contributed by atoms with Gasteiger partial charge in [0.15, 0.2) is 5.16 Å². The average molecular weight is 263 g/mol. The first kappa shape index (κ1) is 13.0. The summed E-state index contributed by atoms with van der Waals surface area (Å²) in [5, 5.41) is 3.45. The van der Waals surface area contributed by atoms with Gasteiger partial charge in [0.2, 0.25) is 5.91 Å². The maximum absolute atomic E-state index is 11.6. The number of fused-ring (bicyclic) bond motifs is 1. The van der Waals surface area contributed by atoms with Crippen LogP contribution in [-0.4, -0.2) is 27.7 Å². The lowest BCUT2D eigenvalue weighted by atomic mass is 10.2. The Morgan fingerprint density at radius 3 is 3.06 bits per heavy atom. The predicted octanol–water partition coefficient (Wildman–Crippen LogP) is 2.49. The molecule has 96 valence electrons. The van der Waals surface area contributed by atoms with Crippen LogP contribution in [0.3, 0.4) is 0 Å². The fourth-order valence-corrected chi connectivity index (χ4v) is 2.54. The topological polar surface area (TPSA) is 57.8 Å². The lowest BCUT2D eigenvalue weighted by molar-refractivity contribution is -0.120. The molecule has 2 rings (SSSR count). The molecule has 1 aromatic carbocycles. The van der Waals surface area contributed by atoms with Gasteiger partial charge >= 0.3 is 0 Å². The van der Waals surface area contributed by atoms with Gasteiger partial charge in [-0.15, -0.1) is 0 Å². The molecule has 0 saturated carbocycles. The van der Waals surface area contributed by atoms with E-state index in [1.165, 1.54) is 17.3 Å². The number of nitrogens with zero attached hydrogens (tertiary/aromatic N) is 1. The Kier molecular flexibility index (Phi) is 3.91. The van der Waals surface area contributed by atoms with E-state index in [1.807, 2.05) is 32.9 Å². The van der Waals surface area contributed by atoms with Gasteiger partial charge in [-0.1, -0.05) is 17.8 Å². The molecule has 2 N–H and O–H groups in total. The highest BCUT2D eigenvalue weighted by Gasteiger charge is 2.15. The van der Waals surface area contributed by atoms with E-state index >= 15 is 0 Å². The molecule has 1 atom stereocenters. The van der Waals surface area contributed by atoms with Crippen molar-refractivity contribution in [3.05, 3.63) is 23.8 Å². The number of carbonyl (C=O) groups excluding carboxylic acids is 1. The highest BCUT2D eigenvalue weighted by molar-refractivity contribution is 8.00. The first-order chi connectivity index (χ1) is 8.60. The molecular formula is C13H17N3OS. The summed E-state index contributed by atoms with van der Waals surface area (Å²) < 4.78 is 0. The molecule has 0 unspecified atom stereocenters. The minimum Gasteiger partial charge on any atom is -0.355 e. The summed E-state index contributed by atoms with van der Waals surface area (Å²) in [6.45, 7) is 6.50. The number of aromatic nitrogens is 2. The number of H-pyrrole nitrogens is 1. The number of nitrogens with one attached hydrogen (secondary N) is 2. The standard InChI is InChI=1S/C13H17N3OS/c1-4-14-12(17)9(3)18-13-15-10-6-5-8(2)7-11(10)16-13/h5-7,9H,4H2,1-3H3,(H,14,17)(H,15,16)/t9-/m1/s1. The SMILES string of the molecule is CCNC(=O)[C@@H](C)Sc1nc2ccc(C)cc2[nH]1. The van der Waals surface area contributed by atoms with E-state index in [2.05, 4.69) is 21.4 Å². The normalized spacial score (nSPS) is 12.6. The van der Waals surface area contributed by atoms with Crippen molar-refractivity contribution in [3.63, 3.8) is 0 Å². The number of imidazole rings is 1. The van der Waals surface area contributed by atoms with Gasteiger partial charge in [0, 0.05) is 6.54 Å².